The van der Waals surface area contributed by atoms with Crippen molar-refractivity contribution in [2.45, 2.75) is 32.9 Å². The van der Waals surface area contributed by atoms with E-state index in [1.54, 1.807) is 18.3 Å². The minimum Gasteiger partial charge on any atom is -0.439 e. The van der Waals surface area contributed by atoms with E-state index < -0.39 is 0 Å². The van der Waals surface area contributed by atoms with Gasteiger partial charge in [0.2, 0.25) is 5.88 Å². The molecule has 0 radical (unpaired) electrons. The van der Waals surface area contributed by atoms with E-state index in [1.165, 1.54) is 12.1 Å². The van der Waals surface area contributed by atoms with Crippen LogP contribution in [0.2, 0.25) is 0 Å². The van der Waals surface area contributed by atoms with E-state index in [0.29, 0.717) is 11.6 Å². The predicted octanol–water partition coefficient (Wildman–Crippen LogP) is 3.90. The molecule has 1 heterocycles. The van der Waals surface area contributed by atoms with Crippen LogP contribution in [0.3, 0.4) is 0 Å². The third-order valence-corrected chi connectivity index (χ3v) is 2.66. The number of aromatic nitrogens is 1. The molecule has 0 saturated carbocycles. The van der Waals surface area contributed by atoms with E-state index in [1.807, 2.05) is 12.1 Å². The second kappa shape index (κ2) is 6.01. The Hall–Kier alpha value is -1.94. The molecule has 106 valence electrons. The third kappa shape index (κ3) is 4.63. The van der Waals surface area contributed by atoms with Crippen molar-refractivity contribution >= 4 is 0 Å². The Morgan fingerprint density at radius 3 is 2.35 bits per heavy atom. The lowest BCUT2D eigenvalue weighted by Gasteiger charge is -2.20. The molecule has 0 saturated heterocycles. The van der Waals surface area contributed by atoms with Gasteiger partial charge in [-0.05, 0) is 50.6 Å². The maximum absolute atomic E-state index is 12.8. The molecule has 0 amide bonds. The second-order valence-electron chi connectivity index (χ2n) is 5.66. The van der Waals surface area contributed by atoms with Crippen LogP contribution >= 0.6 is 0 Å². The highest BCUT2D eigenvalue weighted by molar-refractivity contribution is 5.28. The number of hydrogen-bond acceptors (Lipinski definition) is 3. The molecule has 0 aliphatic rings. The Morgan fingerprint density at radius 1 is 1.10 bits per heavy atom. The van der Waals surface area contributed by atoms with Gasteiger partial charge in [0.15, 0.2) is 0 Å². The van der Waals surface area contributed by atoms with Crippen molar-refractivity contribution in [3.05, 3.63) is 54.0 Å². The molecule has 2 rings (SSSR count). The molecule has 1 aromatic heterocycles. The fourth-order valence-corrected chi connectivity index (χ4v) is 1.57. The number of ether oxygens (including phenoxy) is 1. The molecule has 0 atom stereocenters. The van der Waals surface area contributed by atoms with Gasteiger partial charge >= 0.3 is 0 Å². The zero-order chi connectivity index (χ0) is 14.6. The van der Waals surface area contributed by atoms with E-state index in [-0.39, 0.29) is 11.4 Å². The molecule has 3 nitrogen and oxygen atoms in total. The minimum absolute atomic E-state index is 0.0727. The summed E-state index contributed by atoms with van der Waals surface area (Å²) in [6, 6.07) is 9.64. The van der Waals surface area contributed by atoms with E-state index in [9.17, 15) is 4.39 Å². The van der Waals surface area contributed by atoms with E-state index >= 15 is 0 Å². The van der Waals surface area contributed by atoms with Crippen molar-refractivity contribution in [2.24, 2.45) is 0 Å². The highest BCUT2D eigenvalue weighted by Gasteiger charge is 2.08. The van der Waals surface area contributed by atoms with Crippen molar-refractivity contribution in [1.29, 1.82) is 0 Å². The first kappa shape index (κ1) is 14.5. The SMILES string of the molecule is CC(C)(C)NCc1ccc(Oc2ccc(F)cc2)nc1. The summed E-state index contributed by atoms with van der Waals surface area (Å²) in [5.41, 5.74) is 1.16. The number of nitrogens with zero attached hydrogens (tertiary/aromatic N) is 1. The van der Waals surface area contributed by atoms with Gasteiger partial charge in [0.05, 0.1) is 0 Å². The molecule has 2 aromatic rings. The van der Waals surface area contributed by atoms with Crippen molar-refractivity contribution in [1.82, 2.24) is 10.3 Å². The van der Waals surface area contributed by atoms with Gasteiger partial charge < -0.3 is 10.1 Å². The van der Waals surface area contributed by atoms with Crippen LogP contribution in [-0.4, -0.2) is 10.5 Å². The molecule has 20 heavy (non-hydrogen) atoms. The monoisotopic (exact) mass is 274 g/mol. The van der Waals surface area contributed by atoms with Crippen LogP contribution < -0.4 is 10.1 Å². The molecular weight excluding hydrogens is 255 g/mol. The molecule has 4 heteroatoms. The zero-order valence-electron chi connectivity index (χ0n) is 12.0. The van der Waals surface area contributed by atoms with Gasteiger partial charge in [-0.25, -0.2) is 9.37 Å². The lowest BCUT2D eigenvalue weighted by molar-refractivity contribution is 0.423. The van der Waals surface area contributed by atoms with Gasteiger partial charge in [0.1, 0.15) is 11.6 Å². The number of benzene rings is 1. The maximum atomic E-state index is 12.8. The third-order valence-electron chi connectivity index (χ3n) is 2.66. The lowest BCUT2D eigenvalue weighted by atomic mass is 10.1. The Kier molecular flexibility index (Phi) is 4.35. The predicted molar refractivity (Wildman–Crippen MR) is 77.3 cm³/mol. The van der Waals surface area contributed by atoms with E-state index in [2.05, 4.69) is 31.1 Å². The fraction of sp³-hybridized carbons (Fsp3) is 0.312. The first-order valence-electron chi connectivity index (χ1n) is 6.56. The summed E-state index contributed by atoms with van der Waals surface area (Å²) in [6.45, 7) is 7.11. The molecule has 0 unspecified atom stereocenters. The fourth-order valence-electron chi connectivity index (χ4n) is 1.57. The quantitative estimate of drug-likeness (QED) is 0.918. The highest BCUT2D eigenvalue weighted by Crippen LogP contribution is 2.19. The summed E-state index contributed by atoms with van der Waals surface area (Å²) in [6.07, 6.45) is 1.78. The lowest BCUT2D eigenvalue weighted by Crippen LogP contribution is -2.35. The molecule has 1 aromatic carbocycles. The molecular formula is C16H19FN2O. The summed E-state index contributed by atoms with van der Waals surface area (Å²) in [4.78, 5) is 4.24. The van der Waals surface area contributed by atoms with Gasteiger partial charge in [-0.3, -0.25) is 0 Å². The van der Waals surface area contributed by atoms with E-state index in [4.69, 9.17) is 4.74 Å². The Bertz CT molecular complexity index is 544. The molecule has 0 aliphatic carbocycles. The first-order chi connectivity index (χ1) is 9.42. The van der Waals surface area contributed by atoms with Crippen LogP contribution in [0.25, 0.3) is 0 Å². The first-order valence-corrected chi connectivity index (χ1v) is 6.56. The molecule has 0 bridgehead atoms. The number of halogens is 1. The highest BCUT2D eigenvalue weighted by atomic mass is 19.1. The zero-order valence-corrected chi connectivity index (χ0v) is 12.0. The van der Waals surface area contributed by atoms with Crippen molar-refractivity contribution < 1.29 is 9.13 Å². The topological polar surface area (TPSA) is 34.1 Å². The number of nitrogens with one attached hydrogen (secondary N) is 1. The molecule has 0 fully saturated rings. The van der Waals surface area contributed by atoms with Gasteiger partial charge in [-0.2, -0.15) is 0 Å². The summed E-state index contributed by atoms with van der Waals surface area (Å²) < 4.78 is 18.3. The van der Waals surface area contributed by atoms with Crippen LogP contribution in [-0.2, 0) is 6.54 Å². The summed E-state index contributed by atoms with van der Waals surface area (Å²) in [5, 5.41) is 3.39. The Morgan fingerprint density at radius 2 is 1.80 bits per heavy atom. The average Bonchev–Trinajstić information content (AvgIpc) is 2.40. The van der Waals surface area contributed by atoms with Crippen LogP contribution in [0.15, 0.2) is 42.6 Å². The molecule has 1 N–H and O–H groups in total. The largest absolute Gasteiger partial charge is 0.439 e. The number of rotatable bonds is 4. The summed E-state index contributed by atoms with van der Waals surface area (Å²) in [5.74, 6) is 0.782. The summed E-state index contributed by atoms with van der Waals surface area (Å²) in [7, 11) is 0. The molecule has 0 aliphatic heterocycles. The van der Waals surface area contributed by atoms with Crippen molar-refractivity contribution in [3.63, 3.8) is 0 Å². The number of pyridine rings is 1. The van der Waals surface area contributed by atoms with Gasteiger partial charge in [0.25, 0.3) is 0 Å². The summed E-state index contributed by atoms with van der Waals surface area (Å²) >= 11 is 0. The number of hydrogen-bond donors (Lipinski definition) is 1. The maximum Gasteiger partial charge on any atom is 0.219 e. The van der Waals surface area contributed by atoms with Crippen LogP contribution in [0, 0.1) is 5.82 Å². The molecule has 0 spiro atoms. The normalized spacial score (nSPS) is 11.4. The van der Waals surface area contributed by atoms with Gasteiger partial charge in [0, 0.05) is 24.3 Å². The van der Waals surface area contributed by atoms with E-state index in [0.717, 1.165) is 12.1 Å². The average molecular weight is 274 g/mol. The standard InChI is InChI=1S/C16H19FN2O/c1-16(2,3)19-11-12-4-9-15(18-10-12)20-14-7-5-13(17)6-8-14/h4-10,19H,11H2,1-3H3. The minimum atomic E-state index is -0.283. The van der Waals surface area contributed by atoms with Crippen LogP contribution in [0.5, 0.6) is 11.6 Å². The van der Waals surface area contributed by atoms with Gasteiger partial charge in [-0.1, -0.05) is 6.07 Å². The van der Waals surface area contributed by atoms with Crippen LogP contribution in [0.4, 0.5) is 4.39 Å². The second-order valence-corrected chi connectivity index (χ2v) is 5.66. The van der Waals surface area contributed by atoms with Crippen molar-refractivity contribution in [3.8, 4) is 11.6 Å². The van der Waals surface area contributed by atoms with Crippen LogP contribution in [0.1, 0.15) is 26.3 Å². The Balaban J connectivity index is 1.96. The Labute approximate surface area is 118 Å². The smallest absolute Gasteiger partial charge is 0.219 e. The van der Waals surface area contributed by atoms with Gasteiger partial charge in [-0.15, -0.1) is 0 Å². The van der Waals surface area contributed by atoms with Crippen molar-refractivity contribution in [2.75, 3.05) is 0 Å².